The zero-order valence-electron chi connectivity index (χ0n) is 21.1. The Morgan fingerprint density at radius 1 is 0.950 bits per heavy atom. The number of fused-ring (bicyclic) bond motifs is 1. The molecule has 6 rings (SSSR count). The molecule has 40 heavy (non-hydrogen) atoms. The zero-order valence-corrected chi connectivity index (χ0v) is 21.1. The van der Waals surface area contributed by atoms with Crippen LogP contribution in [0.1, 0.15) is 36.4 Å². The number of alkyl halides is 5. The number of nitrogens with zero attached hydrogens (tertiary/aromatic N) is 7. The van der Waals surface area contributed by atoms with Crippen molar-refractivity contribution in [2.45, 2.75) is 44.5 Å². The summed E-state index contributed by atoms with van der Waals surface area (Å²) in [6.07, 6.45) is -1.97. The number of anilines is 2. The molecule has 8 nitrogen and oxygen atoms in total. The fourth-order valence-electron chi connectivity index (χ4n) is 5.69. The van der Waals surface area contributed by atoms with Crippen LogP contribution in [-0.2, 0) is 17.5 Å². The third-order valence-electron chi connectivity index (χ3n) is 7.76. The van der Waals surface area contributed by atoms with Gasteiger partial charge in [-0.25, -0.2) is 28.4 Å². The molecule has 1 aromatic carbocycles. The molecule has 0 aliphatic carbocycles. The Hall–Kier alpha value is -4.16. The van der Waals surface area contributed by atoms with Gasteiger partial charge in [0.2, 0.25) is 5.91 Å². The molecule has 4 aromatic rings. The molecule has 0 saturated carbocycles. The second-order valence-electron chi connectivity index (χ2n) is 10.1. The highest BCUT2D eigenvalue weighted by atomic mass is 19.4. The first-order chi connectivity index (χ1) is 19.1. The van der Waals surface area contributed by atoms with Gasteiger partial charge < -0.3 is 4.90 Å². The van der Waals surface area contributed by atoms with Crippen molar-refractivity contribution in [1.29, 1.82) is 0 Å². The van der Waals surface area contributed by atoms with E-state index in [1.807, 2.05) is 35.2 Å². The summed E-state index contributed by atoms with van der Waals surface area (Å²) in [4.78, 5) is 30.4. The number of carbonyl (C=O) groups is 1. The number of carbonyl (C=O) groups excluding carboxylic acids is 1. The van der Waals surface area contributed by atoms with Crippen LogP contribution in [0.5, 0.6) is 0 Å². The van der Waals surface area contributed by atoms with E-state index in [2.05, 4.69) is 20.1 Å². The minimum Gasteiger partial charge on any atom is -0.355 e. The zero-order chi connectivity index (χ0) is 28.1. The van der Waals surface area contributed by atoms with Gasteiger partial charge in [0.15, 0.2) is 5.65 Å². The van der Waals surface area contributed by atoms with E-state index < -0.39 is 30.1 Å². The molecular formula is C27H24F5N7O. The normalized spacial score (nSPS) is 19.4. The van der Waals surface area contributed by atoms with Crippen LogP contribution >= 0.6 is 0 Å². The Labute approximate surface area is 225 Å². The summed E-state index contributed by atoms with van der Waals surface area (Å²) in [6, 6.07) is 11.2. The first-order valence-corrected chi connectivity index (χ1v) is 12.8. The molecule has 2 fully saturated rings. The van der Waals surface area contributed by atoms with Crippen LogP contribution in [0, 0.1) is 5.41 Å². The molecule has 0 N–H and O–H groups in total. The molecule has 5 heterocycles. The Balaban J connectivity index is 1.27. The summed E-state index contributed by atoms with van der Waals surface area (Å²) in [5.74, 6) is 0.504. The van der Waals surface area contributed by atoms with Gasteiger partial charge >= 0.3 is 6.18 Å². The lowest BCUT2D eigenvalue weighted by Crippen LogP contribution is -2.45. The summed E-state index contributed by atoms with van der Waals surface area (Å²) < 4.78 is 66.5. The topological polar surface area (TPSA) is 80.0 Å². The van der Waals surface area contributed by atoms with Crippen molar-refractivity contribution in [3.63, 3.8) is 0 Å². The molecule has 0 bridgehead atoms. The van der Waals surface area contributed by atoms with Crippen molar-refractivity contribution < 1.29 is 26.7 Å². The van der Waals surface area contributed by atoms with Gasteiger partial charge in [-0.1, -0.05) is 30.3 Å². The van der Waals surface area contributed by atoms with Crippen molar-refractivity contribution in [3.05, 3.63) is 72.2 Å². The molecular weight excluding hydrogens is 533 g/mol. The predicted molar refractivity (Wildman–Crippen MR) is 136 cm³/mol. The molecule has 1 unspecified atom stereocenters. The van der Waals surface area contributed by atoms with Crippen LogP contribution in [0.15, 0.2) is 61.1 Å². The second-order valence-corrected chi connectivity index (χ2v) is 10.1. The number of aromatic nitrogens is 5. The molecule has 2 saturated heterocycles. The minimum atomic E-state index is -4.53. The van der Waals surface area contributed by atoms with Crippen molar-refractivity contribution in [2.75, 3.05) is 22.9 Å². The molecule has 3 aromatic heterocycles. The fourth-order valence-corrected chi connectivity index (χ4v) is 5.69. The third-order valence-corrected chi connectivity index (χ3v) is 7.76. The van der Waals surface area contributed by atoms with E-state index in [-0.39, 0.29) is 23.4 Å². The molecule has 2 aliphatic heterocycles. The maximum absolute atomic E-state index is 14.0. The molecule has 0 radical (unpaired) electrons. The highest BCUT2D eigenvalue weighted by molar-refractivity contribution is 6.00. The van der Waals surface area contributed by atoms with Gasteiger partial charge in [-0.2, -0.15) is 18.3 Å². The first-order valence-electron chi connectivity index (χ1n) is 12.8. The van der Waals surface area contributed by atoms with E-state index in [1.54, 1.807) is 6.20 Å². The Kier molecular flexibility index (Phi) is 6.38. The maximum atomic E-state index is 14.0. The van der Waals surface area contributed by atoms with Crippen LogP contribution in [0.2, 0.25) is 0 Å². The number of amides is 1. The Morgan fingerprint density at radius 3 is 2.35 bits per heavy atom. The third kappa shape index (κ3) is 4.62. The average molecular weight is 558 g/mol. The monoisotopic (exact) mass is 557 g/mol. The standard InChI is InChI=1S/C27H24F5N7O/c28-21(29)16-38-24-19(14-35-38)33-15-23(36-24)37-10-8-26(9-11-37)12-20(17-4-2-1-3-5-17)39(25(26)40)22-7-6-18(13-34-22)27(30,31)32/h1-7,13-15,20-21H,8-12,16H2. The summed E-state index contributed by atoms with van der Waals surface area (Å²) in [7, 11) is 0. The van der Waals surface area contributed by atoms with Gasteiger partial charge in [-0.05, 0) is 37.0 Å². The van der Waals surface area contributed by atoms with Gasteiger partial charge in [0.25, 0.3) is 6.43 Å². The lowest BCUT2D eigenvalue weighted by atomic mass is 9.75. The number of pyridine rings is 1. The van der Waals surface area contributed by atoms with E-state index in [9.17, 15) is 26.7 Å². The lowest BCUT2D eigenvalue weighted by molar-refractivity contribution is -0.137. The maximum Gasteiger partial charge on any atom is 0.417 e. The first kappa shape index (κ1) is 26.1. The number of rotatable bonds is 5. The van der Waals surface area contributed by atoms with Crippen molar-refractivity contribution in [2.24, 2.45) is 5.41 Å². The van der Waals surface area contributed by atoms with Crippen LogP contribution in [0.3, 0.4) is 0 Å². The molecule has 13 heteroatoms. The predicted octanol–water partition coefficient (Wildman–Crippen LogP) is 5.27. The average Bonchev–Trinajstić information content (AvgIpc) is 3.47. The molecule has 208 valence electrons. The SMILES string of the molecule is O=C1N(c2ccc(C(F)(F)F)cn2)C(c2ccccc2)CC12CCN(c1cnc3cnn(CC(F)F)c3n1)CC2. The van der Waals surface area contributed by atoms with Gasteiger partial charge in [0.1, 0.15) is 23.7 Å². The summed E-state index contributed by atoms with van der Waals surface area (Å²) >= 11 is 0. The molecule has 1 spiro atoms. The van der Waals surface area contributed by atoms with Gasteiger partial charge in [0, 0.05) is 19.3 Å². The number of hydrogen-bond acceptors (Lipinski definition) is 6. The fraction of sp³-hybridized carbons (Fsp3) is 0.370. The van der Waals surface area contributed by atoms with Crippen LogP contribution in [0.25, 0.3) is 11.2 Å². The van der Waals surface area contributed by atoms with Crippen LogP contribution in [-0.4, -0.2) is 50.2 Å². The van der Waals surface area contributed by atoms with Gasteiger partial charge in [-0.15, -0.1) is 0 Å². The van der Waals surface area contributed by atoms with Gasteiger partial charge in [0.05, 0.1) is 29.4 Å². The molecule has 1 atom stereocenters. The van der Waals surface area contributed by atoms with Crippen molar-refractivity contribution >= 4 is 28.7 Å². The number of benzene rings is 1. The Morgan fingerprint density at radius 2 is 1.70 bits per heavy atom. The molecule has 1 amide bonds. The largest absolute Gasteiger partial charge is 0.417 e. The van der Waals surface area contributed by atoms with Crippen molar-refractivity contribution in [3.8, 4) is 0 Å². The lowest BCUT2D eigenvalue weighted by Gasteiger charge is -2.38. The van der Waals surface area contributed by atoms with Crippen LogP contribution in [0.4, 0.5) is 33.6 Å². The highest BCUT2D eigenvalue weighted by Crippen LogP contribution is 2.51. The summed E-state index contributed by atoms with van der Waals surface area (Å²) in [5.41, 5.74) is -0.0697. The van der Waals surface area contributed by atoms with Gasteiger partial charge in [-0.3, -0.25) is 9.69 Å². The van der Waals surface area contributed by atoms with Crippen LogP contribution < -0.4 is 9.80 Å². The van der Waals surface area contributed by atoms with E-state index in [4.69, 9.17) is 0 Å². The number of piperidine rings is 1. The number of halogens is 5. The minimum absolute atomic E-state index is 0.176. The van der Waals surface area contributed by atoms with E-state index in [0.717, 1.165) is 22.5 Å². The smallest absolute Gasteiger partial charge is 0.355 e. The summed E-state index contributed by atoms with van der Waals surface area (Å²) in [5, 5.41) is 3.96. The van der Waals surface area contributed by atoms with E-state index in [1.165, 1.54) is 17.2 Å². The summed E-state index contributed by atoms with van der Waals surface area (Å²) in [6.45, 7) is 0.337. The van der Waals surface area contributed by atoms with Crippen molar-refractivity contribution in [1.82, 2.24) is 24.7 Å². The second kappa shape index (κ2) is 9.79. The van der Waals surface area contributed by atoms with E-state index in [0.29, 0.717) is 43.7 Å². The number of hydrogen-bond donors (Lipinski definition) is 0. The highest BCUT2D eigenvalue weighted by Gasteiger charge is 2.54. The quantitative estimate of drug-likeness (QED) is 0.311. The Bertz CT molecular complexity index is 1520. The van der Waals surface area contributed by atoms with E-state index >= 15 is 0 Å². The molecule has 2 aliphatic rings.